The Hall–Kier alpha value is -1.34. The van der Waals surface area contributed by atoms with E-state index in [-0.39, 0.29) is 25.4 Å². The Balaban J connectivity index is 2.32. The first kappa shape index (κ1) is 17.7. The number of hydrogen-bond donors (Lipinski definition) is 0. The van der Waals surface area contributed by atoms with Gasteiger partial charge in [-0.25, -0.2) is 9.59 Å². The Bertz CT molecular complexity index is 352. The van der Waals surface area contributed by atoms with Gasteiger partial charge in [0.2, 0.25) is 0 Å². The largest absolute Gasteiger partial charge is 0.464 e. The summed E-state index contributed by atoms with van der Waals surface area (Å²) in [6.07, 6.45) is -0.623. The third-order valence-corrected chi connectivity index (χ3v) is 2.62. The summed E-state index contributed by atoms with van der Waals surface area (Å²) in [7, 11) is 0. The molecule has 0 spiro atoms. The van der Waals surface area contributed by atoms with Crippen LogP contribution in [0.2, 0.25) is 0 Å². The number of esters is 1. The first-order valence-corrected chi connectivity index (χ1v) is 7.14. The topological polar surface area (TPSA) is 74.3 Å². The number of carbonyl (C=O) groups excluding carboxylic acids is 2. The van der Waals surface area contributed by atoms with Crippen molar-refractivity contribution in [2.45, 2.75) is 39.4 Å². The van der Waals surface area contributed by atoms with E-state index in [1.165, 1.54) is 0 Å². The van der Waals surface area contributed by atoms with E-state index in [1.54, 1.807) is 11.8 Å². The van der Waals surface area contributed by atoms with Crippen molar-refractivity contribution in [2.24, 2.45) is 0 Å². The summed E-state index contributed by atoms with van der Waals surface area (Å²) in [6, 6.07) is 0. The molecule has 1 atom stereocenters. The van der Waals surface area contributed by atoms with E-state index in [2.05, 4.69) is 0 Å². The molecule has 1 saturated heterocycles. The first-order chi connectivity index (χ1) is 9.81. The van der Waals surface area contributed by atoms with Gasteiger partial charge in [0.15, 0.2) is 0 Å². The molecule has 0 aromatic rings. The molecule has 1 rings (SSSR count). The van der Waals surface area contributed by atoms with Gasteiger partial charge < -0.3 is 23.8 Å². The van der Waals surface area contributed by atoms with Crippen LogP contribution >= 0.6 is 0 Å². The van der Waals surface area contributed by atoms with Crippen molar-refractivity contribution in [3.05, 3.63) is 0 Å². The lowest BCUT2D eigenvalue weighted by Crippen LogP contribution is -2.48. The van der Waals surface area contributed by atoms with Crippen molar-refractivity contribution in [2.75, 3.05) is 39.5 Å². The maximum atomic E-state index is 12.0. The zero-order valence-corrected chi connectivity index (χ0v) is 13.2. The van der Waals surface area contributed by atoms with Gasteiger partial charge >= 0.3 is 12.1 Å². The average molecular weight is 303 g/mol. The molecule has 0 saturated carbocycles. The van der Waals surface area contributed by atoms with E-state index in [1.807, 2.05) is 20.8 Å². The highest BCUT2D eigenvalue weighted by atomic mass is 16.6. The molecule has 1 fully saturated rings. The lowest BCUT2D eigenvalue weighted by molar-refractivity contribution is -0.150. The highest BCUT2D eigenvalue weighted by Crippen LogP contribution is 2.13. The summed E-state index contributed by atoms with van der Waals surface area (Å²) in [5.41, 5.74) is -0.523. The van der Waals surface area contributed by atoms with Crippen LogP contribution in [-0.2, 0) is 23.7 Å². The molecule has 1 aliphatic heterocycles. The molecule has 0 radical (unpaired) electrons. The highest BCUT2D eigenvalue weighted by Gasteiger charge is 2.28. The van der Waals surface area contributed by atoms with Gasteiger partial charge in [0.1, 0.15) is 12.2 Å². The Kier molecular flexibility index (Phi) is 6.91. The van der Waals surface area contributed by atoms with E-state index < -0.39 is 11.6 Å². The molecule has 0 unspecified atom stereocenters. The molecule has 0 aromatic heterocycles. The summed E-state index contributed by atoms with van der Waals surface area (Å²) in [6.45, 7) is 8.96. The van der Waals surface area contributed by atoms with Crippen LogP contribution in [0.1, 0.15) is 27.7 Å². The quantitative estimate of drug-likeness (QED) is 0.711. The van der Waals surface area contributed by atoms with Crippen molar-refractivity contribution in [3.8, 4) is 0 Å². The van der Waals surface area contributed by atoms with Gasteiger partial charge in [-0.15, -0.1) is 0 Å². The van der Waals surface area contributed by atoms with Gasteiger partial charge in [-0.2, -0.15) is 0 Å². The molecule has 1 aliphatic rings. The van der Waals surface area contributed by atoms with Gasteiger partial charge in [-0.1, -0.05) is 0 Å². The minimum Gasteiger partial charge on any atom is -0.464 e. The van der Waals surface area contributed by atoms with Crippen molar-refractivity contribution >= 4 is 12.1 Å². The summed E-state index contributed by atoms with van der Waals surface area (Å²) >= 11 is 0. The molecule has 0 bridgehead atoms. The van der Waals surface area contributed by atoms with Gasteiger partial charge in [0.05, 0.1) is 32.5 Å². The molecular weight excluding hydrogens is 278 g/mol. The van der Waals surface area contributed by atoms with Crippen molar-refractivity contribution < 1.29 is 28.5 Å². The van der Waals surface area contributed by atoms with Gasteiger partial charge in [0, 0.05) is 6.54 Å². The Morgan fingerprint density at radius 2 is 2.05 bits per heavy atom. The summed E-state index contributed by atoms with van der Waals surface area (Å²) in [5.74, 6) is -0.405. The lowest BCUT2D eigenvalue weighted by Gasteiger charge is -2.34. The number of amides is 1. The summed E-state index contributed by atoms with van der Waals surface area (Å²) in [5, 5.41) is 0. The minimum atomic E-state index is -0.523. The monoisotopic (exact) mass is 303 g/mol. The van der Waals surface area contributed by atoms with Gasteiger partial charge in [-0.3, -0.25) is 0 Å². The molecule has 7 nitrogen and oxygen atoms in total. The second kappa shape index (κ2) is 8.19. The fraction of sp³-hybridized carbons (Fsp3) is 0.857. The van der Waals surface area contributed by atoms with Crippen LogP contribution in [0.4, 0.5) is 4.79 Å². The molecule has 1 heterocycles. The van der Waals surface area contributed by atoms with E-state index in [4.69, 9.17) is 18.9 Å². The zero-order valence-electron chi connectivity index (χ0n) is 13.2. The number of rotatable bonds is 5. The normalized spacial score (nSPS) is 19.2. The molecule has 122 valence electrons. The maximum Gasteiger partial charge on any atom is 0.410 e. The summed E-state index contributed by atoms with van der Waals surface area (Å²) < 4.78 is 20.8. The average Bonchev–Trinajstić information content (AvgIpc) is 2.37. The Morgan fingerprint density at radius 3 is 2.67 bits per heavy atom. The van der Waals surface area contributed by atoms with Gasteiger partial charge in [-0.05, 0) is 27.7 Å². The third-order valence-electron chi connectivity index (χ3n) is 2.62. The standard InChI is InChI=1S/C14H25NO6/c1-5-19-12(16)10-18-9-11-8-15(6-7-20-11)13(17)21-14(2,3)4/h11H,5-10H2,1-4H3/t11-/m1/s1. The fourth-order valence-corrected chi connectivity index (χ4v) is 1.79. The van der Waals surface area contributed by atoms with E-state index in [0.717, 1.165) is 0 Å². The second-order valence-corrected chi connectivity index (χ2v) is 5.74. The number of ether oxygens (including phenoxy) is 4. The van der Waals surface area contributed by atoms with E-state index >= 15 is 0 Å². The van der Waals surface area contributed by atoms with Crippen LogP contribution in [-0.4, -0.2) is 68.2 Å². The first-order valence-electron chi connectivity index (χ1n) is 7.14. The van der Waals surface area contributed by atoms with Crippen molar-refractivity contribution in [3.63, 3.8) is 0 Å². The number of nitrogens with zero attached hydrogens (tertiary/aromatic N) is 1. The summed E-state index contributed by atoms with van der Waals surface area (Å²) in [4.78, 5) is 24.7. The third kappa shape index (κ3) is 7.29. The zero-order chi connectivity index (χ0) is 15.9. The smallest absolute Gasteiger partial charge is 0.410 e. The van der Waals surface area contributed by atoms with Crippen LogP contribution in [0.5, 0.6) is 0 Å². The van der Waals surface area contributed by atoms with Crippen LogP contribution in [0.25, 0.3) is 0 Å². The van der Waals surface area contributed by atoms with Crippen LogP contribution in [0, 0.1) is 0 Å². The predicted octanol–water partition coefficient (Wildman–Crippen LogP) is 1.20. The minimum absolute atomic E-state index is 0.111. The van der Waals surface area contributed by atoms with Crippen LogP contribution < -0.4 is 0 Å². The molecule has 7 heteroatoms. The van der Waals surface area contributed by atoms with Gasteiger partial charge in [0.25, 0.3) is 0 Å². The molecule has 0 aliphatic carbocycles. The fourth-order valence-electron chi connectivity index (χ4n) is 1.79. The van der Waals surface area contributed by atoms with Crippen LogP contribution in [0.15, 0.2) is 0 Å². The SMILES string of the molecule is CCOC(=O)COC[C@H]1CN(C(=O)OC(C)(C)C)CCO1. The highest BCUT2D eigenvalue weighted by molar-refractivity contribution is 5.70. The lowest BCUT2D eigenvalue weighted by atomic mass is 10.2. The Labute approximate surface area is 125 Å². The van der Waals surface area contributed by atoms with Crippen LogP contribution in [0.3, 0.4) is 0 Å². The molecular formula is C14H25NO6. The maximum absolute atomic E-state index is 12.0. The molecule has 1 amide bonds. The number of morpholine rings is 1. The predicted molar refractivity (Wildman–Crippen MR) is 75.0 cm³/mol. The molecule has 0 aromatic carbocycles. The molecule has 0 N–H and O–H groups in total. The second-order valence-electron chi connectivity index (χ2n) is 5.74. The van der Waals surface area contributed by atoms with Crippen molar-refractivity contribution in [1.29, 1.82) is 0 Å². The van der Waals surface area contributed by atoms with E-state index in [9.17, 15) is 9.59 Å². The molecule has 21 heavy (non-hydrogen) atoms. The van der Waals surface area contributed by atoms with E-state index in [0.29, 0.717) is 26.3 Å². The Morgan fingerprint density at radius 1 is 1.33 bits per heavy atom. The number of hydrogen-bond acceptors (Lipinski definition) is 6. The number of carbonyl (C=O) groups is 2. The van der Waals surface area contributed by atoms with Crippen molar-refractivity contribution in [1.82, 2.24) is 4.90 Å².